The lowest BCUT2D eigenvalue weighted by molar-refractivity contribution is -0.131. The molecule has 0 aliphatic carbocycles. The van der Waals surface area contributed by atoms with E-state index in [-0.39, 0.29) is 0 Å². The van der Waals surface area contributed by atoms with Crippen molar-refractivity contribution >= 4 is 11.9 Å². The fraction of sp³-hybridized carbons (Fsp3) is 0.231. The van der Waals surface area contributed by atoms with E-state index in [9.17, 15) is 9.59 Å². The van der Waals surface area contributed by atoms with Crippen LogP contribution in [0.2, 0.25) is 0 Å². The molecule has 0 aromatic heterocycles. The van der Waals surface area contributed by atoms with Crippen molar-refractivity contribution in [2.24, 2.45) is 0 Å². The van der Waals surface area contributed by atoms with Gasteiger partial charge in [0.05, 0.1) is 5.54 Å². The molecule has 0 fully saturated rings. The Kier molecular flexibility index (Phi) is 4.04. The van der Waals surface area contributed by atoms with Crippen molar-refractivity contribution in [3.63, 3.8) is 0 Å². The highest BCUT2D eigenvalue weighted by atomic mass is 16.4. The first-order valence-corrected chi connectivity index (χ1v) is 5.20. The minimum Gasteiger partial charge on any atom is -0.478 e. The van der Waals surface area contributed by atoms with Crippen LogP contribution in [0.25, 0.3) is 0 Å². The molecule has 0 unspecified atom stereocenters. The Labute approximate surface area is 100.0 Å². The van der Waals surface area contributed by atoms with Gasteiger partial charge in [-0.15, -0.1) is 0 Å². The van der Waals surface area contributed by atoms with Crippen LogP contribution in [0.1, 0.15) is 19.4 Å². The van der Waals surface area contributed by atoms with Crippen LogP contribution in [-0.4, -0.2) is 17.0 Å². The summed E-state index contributed by atoms with van der Waals surface area (Å²) in [5.74, 6) is -1.57. The second-order valence-corrected chi connectivity index (χ2v) is 4.15. The third kappa shape index (κ3) is 4.10. The van der Waals surface area contributed by atoms with E-state index < -0.39 is 17.4 Å². The largest absolute Gasteiger partial charge is 0.478 e. The number of aliphatic carboxylic acids is 1. The van der Waals surface area contributed by atoms with Crippen LogP contribution >= 0.6 is 0 Å². The van der Waals surface area contributed by atoms with Crippen LogP contribution in [-0.2, 0) is 15.1 Å². The van der Waals surface area contributed by atoms with E-state index >= 15 is 0 Å². The summed E-state index contributed by atoms with van der Waals surface area (Å²) in [5, 5.41) is 11.1. The fourth-order valence-electron chi connectivity index (χ4n) is 1.42. The standard InChI is InChI=1S/C13H15NO3/c1-13(2,10-6-4-3-5-7-10)14-11(15)8-9-12(16)17/h3-9H,1-2H3,(H,14,15)(H,16,17). The number of carbonyl (C=O) groups is 2. The van der Waals surface area contributed by atoms with Gasteiger partial charge in [-0.1, -0.05) is 30.3 Å². The number of carboxylic acid groups (broad SMARTS) is 1. The van der Waals surface area contributed by atoms with Gasteiger partial charge in [0.2, 0.25) is 5.91 Å². The van der Waals surface area contributed by atoms with E-state index in [1.165, 1.54) is 0 Å². The molecule has 0 radical (unpaired) electrons. The zero-order valence-corrected chi connectivity index (χ0v) is 9.81. The van der Waals surface area contributed by atoms with Gasteiger partial charge in [0, 0.05) is 12.2 Å². The normalized spacial score (nSPS) is 11.4. The molecule has 4 nitrogen and oxygen atoms in total. The van der Waals surface area contributed by atoms with Crippen molar-refractivity contribution < 1.29 is 14.7 Å². The van der Waals surface area contributed by atoms with E-state index in [1.807, 2.05) is 44.2 Å². The van der Waals surface area contributed by atoms with Gasteiger partial charge < -0.3 is 10.4 Å². The van der Waals surface area contributed by atoms with Gasteiger partial charge in [-0.2, -0.15) is 0 Å². The topological polar surface area (TPSA) is 66.4 Å². The average Bonchev–Trinajstić information content (AvgIpc) is 2.27. The first-order valence-electron chi connectivity index (χ1n) is 5.20. The average molecular weight is 233 g/mol. The van der Waals surface area contributed by atoms with Gasteiger partial charge in [-0.25, -0.2) is 4.79 Å². The van der Waals surface area contributed by atoms with E-state index in [0.717, 1.165) is 17.7 Å². The molecule has 2 N–H and O–H groups in total. The molecule has 0 atom stereocenters. The fourth-order valence-corrected chi connectivity index (χ4v) is 1.42. The summed E-state index contributed by atoms with van der Waals surface area (Å²) in [4.78, 5) is 21.7. The molecule has 17 heavy (non-hydrogen) atoms. The van der Waals surface area contributed by atoms with Crippen LogP contribution in [0.15, 0.2) is 42.5 Å². The van der Waals surface area contributed by atoms with Crippen LogP contribution in [0.5, 0.6) is 0 Å². The highest BCUT2D eigenvalue weighted by Crippen LogP contribution is 2.19. The third-order valence-corrected chi connectivity index (χ3v) is 2.31. The Balaban J connectivity index is 2.74. The van der Waals surface area contributed by atoms with Gasteiger partial charge in [0.25, 0.3) is 0 Å². The van der Waals surface area contributed by atoms with Gasteiger partial charge in [0.15, 0.2) is 0 Å². The Bertz CT molecular complexity index is 435. The molecular formula is C13H15NO3. The summed E-state index contributed by atoms with van der Waals surface area (Å²) in [7, 11) is 0. The summed E-state index contributed by atoms with van der Waals surface area (Å²) in [6, 6.07) is 9.47. The molecule has 0 saturated heterocycles. The molecule has 1 amide bonds. The van der Waals surface area contributed by atoms with Gasteiger partial charge in [-0.05, 0) is 19.4 Å². The number of carbonyl (C=O) groups excluding carboxylic acids is 1. The maximum Gasteiger partial charge on any atom is 0.328 e. The molecule has 1 rings (SSSR count). The molecule has 0 saturated carbocycles. The molecule has 1 aromatic carbocycles. The van der Waals surface area contributed by atoms with E-state index in [0.29, 0.717) is 0 Å². The zero-order valence-electron chi connectivity index (χ0n) is 9.81. The minimum absolute atomic E-state index is 0.429. The number of hydrogen-bond donors (Lipinski definition) is 2. The molecule has 0 spiro atoms. The number of amides is 1. The third-order valence-electron chi connectivity index (χ3n) is 2.31. The SMILES string of the molecule is CC(C)(NC(=O)C=CC(=O)O)c1ccccc1. The number of benzene rings is 1. The number of rotatable bonds is 4. The van der Waals surface area contributed by atoms with Gasteiger partial charge in [0.1, 0.15) is 0 Å². The van der Waals surface area contributed by atoms with E-state index in [4.69, 9.17) is 5.11 Å². The molecule has 1 aromatic rings. The molecular weight excluding hydrogens is 218 g/mol. The predicted octanol–water partition coefficient (Wildman–Crippen LogP) is 1.68. The first-order chi connectivity index (χ1) is 7.92. The van der Waals surface area contributed by atoms with Crippen LogP contribution < -0.4 is 5.32 Å². The lowest BCUT2D eigenvalue weighted by Gasteiger charge is -2.26. The first kappa shape index (κ1) is 13.0. The maximum absolute atomic E-state index is 11.5. The Hall–Kier alpha value is -2.10. The number of nitrogens with one attached hydrogen (secondary N) is 1. The molecule has 90 valence electrons. The molecule has 4 heteroatoms. The van der Waals surface area contributed by atoms with Gasteiger partial charge >= 0.3 is 5.97 Å². The van der Waals surface area contributed by atoms with Crippen LogP contribution in [0, 0.1) is 0 Å². The van der Waals surface area contributed by atoms with Crippen molar-refractivity contribution in [2.75, 3.05) is 0 Å². The number of hydrogen-bond acceptors (Lipinski definition) is 2. The van der Waals surface area contributed by atoms with Crippen LogP contribution in [0.3, 0.4) is 0 Å². The molecule has 0 heterocycles. The van der Waals surface area contributed by atoms with Crippen molar-refractivity contribution in [1.29, 1.82) is 0 Å². The van der Waals surface area contributed by atoms with Gasteiger partial charge in [-0.3, -0.25) is 4.79 Å². The summed E-state index contributed by atoms with van der Waals surface area (Å²) < 4.78 is 0. The van der Waals surface area contributed by atoms with E-state index in [1.54, 1.807) is 0 Å². The molecule has 0 aliphatic heterocycles. The zero-order chi connectivity index (χ0) is 12.9. The lowest BCUT2D eigenvalue weighted by atomic mass is 9.94. The Morgan fingerprint density at radius 3 is 2.29 bits per heavy atom. The highest BCUT2D eigenvalue weighted by molar-refractivity contribution is 5.94. The summed E-state index contributed by atoms with van der Waals surface area (Å²) in [5.41, 5.74) is 0.415. The highest BCUT2D eigenvalue weighted by Gasteiger charge is 2.21. The molecule has 0 bridgehead atoms. The lowest BCUT2D eigenvalue weighted by Crippen LogP contribution is -2.40. The summed E-state index contributed by atoms with van der Waals surface area (Å²) >= 11 is 0. The smallest absolute Gasteiger partial charge is 0.328 e. The Morgan fingerprint density at radius 1 is 1.18 bits per heavy atom. The van der Waals surface area contributed by atoms with E-state index in [2.05, 4.69) is 5.32 Å². The Morgan fingerprint density at radius 2 is 1.76 bits per heavy atom. The monoisotopic (exact) mass is 233 g/mol. The second-order valence-electron chi connectivity index (χ2n) is 4.15. The second kappa shape index (κ2) is 5.30. The predicted molar refractivity (Wildman–Crippen MR) is 64.4 cm³/mol. The van der Waals surface area contributed by atoms with Crippen molar-refractivity contribution in [2.45, 2.75) is 19.4 Å². The van der Waals surface area contributed by atoms with Crippen molar-refractivity contribution in [3.05, 3.63) is 48.0 Å². The minimum atomic E-state index is -1.14. The quantitative estimate of drug-likeness (QED) is 0.777. The van der Waals surface area contributed by atoms with Crippen LogP contribution in [0.4, 0.5) is 0 Å². The summed E-state index contributed by atoms with van der Waals surface area (Å²) in [6.45, 7) is 3.71. The van der Waals surface area contributed by atoms with Crippen molar-refractivity contribution in [1.82, 2.24) is 5.32 Å². The maximum atomic E-state index is 11.5. The van der Waals surface area contributed by atoms with Crippen molar-refractivity contribution in [3.8, 4) is 0 Å². The molecule has 0 aliphatic rings. The summed E-state index contributed by atoms with van der Waals surface area (Å²) in [6.07, 6.45) is 1.82. The number of carboxylic acids is 1.